The second-order valence-electron chi connectivity index (χ2n) is 4.73. The smallest absolute Gasteiger partial charge is 0.144 e. The van der Waals surface area contributed by atoms with Crippen LogP contribution in [0.5, 0.6) is 0 Å². The lowest BCUT2D eigenvalue weighted by atomic mass is 9.78. The Balaban J connectivity index is 2.35. The second-order valence-corrected chi connectivity index (χ2v) is 4.73. The molecular formula is C12H18O3. The van der Waals surface area contributed by atoms with Crippen LogP contribution >= 0.6 is 0 Å². The van der Waals surface area contributed by atoms with Crippen LogP contribution in [0.1, 0.15) is 20.8 Å². The lowest BCUT2D eigenvalue weighted by Crippen LogP contribution is -2.50. The largest absolute Gasteiger partial charge is 0.380 e. The number of rotatable bonds is 2. The van der Waals surface area contributed by atoms with Crippen molar-refractivity contribution in [2.75, 3.05) is 13.7 Å². The maximum atomic E-state index is 12.0. The minimum absolute atomic E-state index is 0.0255. The van der Waals surface area contributed by atoms with Crippen molar-refractivity contribution in [3.8, 4) is 0 Å². The summed E-state index contributed by atoms with van der Waals surface area (Å²) in [6.07, 6.45) is 2.01. The van der Waals surface area contributed by atoms with Crippen LogP contribution in [0.15, 0.2) is 11.6 Å². The molecule has 2 aliphatic rings. The van der Waals surface area contributed by atoms with Crippen molar-refractivity contribution < 1.29 is 14.3 Å². The molecule has 0 aromatic heterocycles. The molecule has 4 atom stereocenters. The zero-order chi connectivity index (χ0) is 11.2. The molecule has 84 valence electrons. The lowest BCUT2D eigenvalue weighted by molar-refractivity contribution is -0.157. The molecule has 0 saturated carbocycles. The van der Waals surface area contributed by atoms with E-state index in [-0.39, 0.29) is 17.9 Å². The fourth-order valence-electron chi connectivity index (χ4n) is 2.56. The molecule has 2 aliphatic heterocycles. The summed E-state index contributed by atoms with van der Waals surface area (Å²) in [7, 11) is 1.67. The number of Topliss-reactive ketones (excluding diaryl/α,β-unsaturated/α-hetero) is 1. The van der Waals surface area contributed by atoms with Crippen molar-refractivity contribution in [2.45, 2.75) is 32.5 Å². The Labute approximate surface area is 90.4 Å². The van der Waals surface area contributed by atoms with Crippen LogP contribution < -0.4 is 0 Å². The van der Waals surface area contributed by atoms with E-state index in [4.69, 9.17) is 9.47 Å². The number of ketones is 1. The fourth-order valence-corrected chi connectivity index (χ4v) is 2.56. The molecule has 1 fully saturated rings. The highest BCUT2D eigenvalue weighted by Gasteiger charge is 2.53. The maximum absolute atomic E-state index is 12.0. The van der Waals surface area contributed by atoms with Crippen molar-refractivity contribution in [3.63, 3.8) is 0 Å². The molecule has 2 bridgehead atoms. The van der Waals surface area contributed by atoms with Gasteiger partial charge in [0.2, 0.25) is 0 Å². The van der Waals surface area contributed by atoms with Crippen molar-refractivity contribution in [1.82, 2.24) is 0 Å². The van der Waals surface area contributed by atoms with Gasteiger partial charge in [0.25, 0.3) is 0 Å². The zero-order valence-corrected chi connectivity index (χ0v) is 9.74. The Morgan fingerprint density at radius 2 is 2.20 bits per heavy atom. The summed E-state index contributed by atoms with van der Waals surface area (Å²) >= 11 is 0. The summed E-state index contributed by atoms with van der Waals surface area (Å²) in [6.45, 7) is 6.43. The van der Waals surface area contributed by atoms with E-state index in [1.807, 2.05) is 20.8 Å². The molecule has 1 saturated heterocycles. The van der Waals surface area contributed by atoms with Gasteiger partial charge in [0, 0.05) is 18.9 Å². The molecule has 0 aliphatic carbocycles. The summed E-state index contributed by atoms with van der Waals surface area (Å²) in [6, 6.07) is 0. The van der Waals surface area contributed by atoms with E-state index < -0.39 is 5.60 Å². The molecule has 0 N–H and O–H groups in total. The molecule has 2 rings (SSSR count). The van der Waals surface area contributed by atoms with Gasteiger partial charge in [0.15, 0.2) is 0 Å². The number of hydrogen-bond donors (Lipinski definition) is 0. The lowest BCUT2D eigenvalue weighted by Gasteiger charge is -2.40. The monoisotopic (exact) mass is 210 g/mol. The topological polar surface area (TPSA) is 35.5 Å². The Morgan fingerprint density at radius 3 is 2.80 bits per heavy atom. The number of carbonyl (C=O) groups is 1. The van der Waals surface area contributed by atoms with E-state index in [2.05, 4.69) is 6.08 Å². The molecule has 2 heterocycles. The van der Waals surface area contributed by atoms with Crippen LogP contribution in [0.2, 0.25) is 0 Å². The average Bonchev–Trinajstić information content (AvgIpc) is 2.51. The summed E-state index contributed by atoms with van der Waals surface area (Å²) in [4.78, 5) is 12.0. The SMILES string of the molecule is COCC1=C[C@@H]2O[C@@]1(C)[C@H](C)C(=O)[C@@H]2C. The third-order valence-electron chi connectivity index (χ3n) is 3.88. The van der Waals surface area contributed by atoms with Crippen molar-refractivity contribution in [1.29, 1.82) is 0 Å². The van der Waals surface area contributed by atoms with Crippen LogP contribution in [-0.4, -0.2) is 31.2 Å². The first-order valence-electron chi connectivity index (χ1n) is 5.42. The molecule has 0 radical (unpaired) electrons. The highest BCUT2D eigenvalue weighted by Crippen LogP contribution is 2.45. The zero-order valence-electron chi connectivity index (χ0n) is 9.74. The molecule has 0 spiro atoms. The number of ether oxygens (including phenoxy) is 2. The molecule has 0 aromatic carbocycles. The van der Waals surface area contributed by atoms with Gasteiger partial charge in [-0.3, -0.25) is 4.79 Å². The van der Waals surface area contributed by atoms with Gasteiger partial charge < -0.3 is 9.47 Å². The number of hydrogen-bond acceptors (Lipinski definition) is 3. The third-order valence-corrected chi connectivity index (χ3v) is 3.88. The second kappa shape index (κ2) is 3.42. The highest BCUT2D eigenvalue weighted by atomic mass is 16.5. The average molecular weight is 210 g/mol. The fraction of sp³-hybridized carbons (Fsp3) is 0.750. The van der Waals surface area contributed by atoms with Gasteiger partial charge in [-0.1, -0.05) is 19.9 Å². The summed E-state index contributed by atoms with van der Waals surface area (Å²) in [5.74, 6) is 0.200. The van der Waals surface area contributed by atoms with E-state index in [1.54, 1.807) is 7.11 Å². The van der Waals surface area contributed by atoms with Crippen molar-refractivity contribution in [2.24, 2.45) is 11.8 Å². The molecular weight excluding hydrogens is 192 g/mol. The van der Waals surface area contributed by atoms with Crippen molar-refractivity contribution in [3.05, 3.63) is 11.6 Å². The van der Waals surface area contributed by atoms with Crippen LogP contribution in [0.25, 0.3) is 0 Å². The first-order valence-corrected chi connectivity index (χ1v) is 5.42. The van der Waals surface area contributed by atoms with E-state index in [0.717, 1.165) is 5.57 Å². The molecule has 0 unspecified atom stereocenters. The molecule has 0 aromatic rings. The summed E-state index contributed by atoms with van der Waals surface area (Å²) < 4.78 is 11.1. The van der Waals surface area contributed by atoms with Gasteiger partial charge in [-0.25, -0.2) is 0 Å². The van der Waals surface area contributed by atoms with Crippen LogP contribution in [0, 0.1) is 11.8 Å². The van der Waals surface area contributed by atoms with Gasteiger partial charge in [-0.2, -0.15) is 0 Å². The Bertz CT molecular complexity index is 321. The summed E-state index contributed by atoms with van der Waals surface area (Å²) in [5.41, 5.74) is 0.671. The Morgan fingerprint density at radius 1 is 1.53 bits per heavy atom. The minimum atomic E-state index is -0.440. The molecule has 3 nitrogen and oxygen atoms in total. The van der Waals surface area contributed by atoms with Crippen LogP contribution in [0.3, 0.4) is 0 Å². The van der Waals surface area contributed by atoms with Gasteiger partial charge in [0.05, 0.1) is 18.3 Å². The van der Waals surface area contributed by atoms with Gasteiger partial charge in [-0.15, -0.1) is 0 Å². The minimum Gasteiger partial charge on any atom is -0.380 e. The van der Waals surface area contributed by atoms with Gasteiger partial charge in [0.1, 0.15) is 5.78 Å². The number of fused-ring (bicyclic) bond motifs is 2. The first-order chi connectivity index (χ1) is 7.00. The quantitative estimate of drug-likeness (QED) is 0.649. The maximum Gasteiger partial charge on any atom is 0.144 e. The van der Waals surface area contributed by atoms with Gasteiger partial charge in [-0.05, 0) is 12.5 Å². The molecule has 0 amide bonds. The highest BCUT2D eigenvalue weighted by molar-refractivity contribution is 5.87. The first kappa shape index (κ1) is 10.8. The molecule has 3 heteroatoms. The van der Waals surface area contributed by atoms with E-state index in [9.17, 15) is 4.79 Å². The van der Waals surface area contributed by atoms with E-state index in [0.29, 0.717) is 12.4 Å². The summed E-state index contributed by atoms with van der Waals surface area (Å²) in [5, 5.41) is 0. The normalized spacial score (nSPS) is 44.4. The van der Waals surface area contributed by atoms with Gasteiger partial charge >= 0.3 is 0 Å². The Hall–Kier alpha value is -0.670. The molecule has 15 heavy (non-hydrogen) atoms. The van der Waals surface area contributed by atoms with E-state index in [1.165, 1.54) is 0 Å². The predicted octanol–water partition coefficient (Wildman–Crippen LogP) is 1.57. The predicted molar refractivity (Wildman–Crippen MR) is 56.6 cm³/mol. The number of carbonyl (C=O) groups excluding carboxylic acids is 1. The van der Waals surface area contributed by atoms with Crippen LogP contribution in [0.4, 0.5) is 0 Å². The Kier molecular flexibility index (Phi) is 2.47. The van der Waals surface area contributed by atoms with Crippen LogP contribution in [-0.2, 0) is 14.3 Å². The standard InChI is InChI=1S/C12H18O3/c1-7-10-5-9(6-14-4)12(3,15-10)8(2)11(7)13/h5,7-8,10H,6H2,1-4H3/t7-,8-,10+,12+/m1/s1. The number of methoxy groups -OCH3 is 1. The van der Waals surface area contributed by atoms with Crippen molar-refractivity contribution >= 4 is 5.78 Å². The third kappa shape index (κ3) is 1.37. The van der Waals surface area contributed by atoms with E-state index >= 15 is 0 Å².